The molecule has 1 aliphatic heterocycles. The van der Waals surface area contributed by atoms with Crippen molar-refractivity contribution in [3.05, 3.63) is 34.9 Å². The van der Waals surface area contributed by atoms with Gasteiger partial charge in [-0.3, -0.25) is 4.21 Å². The first-order valence-electron chi connectivity index (χ1n) is 7.57. The largest absolute Gasteiger partial charge is 0.374 e. The van der Waals surface area contributed by atoms with E-state index in [2.05, 4.69) is 24.2 Å². The maximum absolute atomic E-state index is 11.5. The zero-order valence-electron chi connectivity index (χ0n) is 13.4. The molecule has 0 saturated carbocycles. The number of benzene rings is 1. The quantitative estimate of drug-likeness (QED) is 0.857. The van der Waals surface area contributed by atoms with Crippen LogP contribution in [0.5, 0.6) is 0 Å². The summed E-state index contributed by atoms with van der Waals surface area (Å²) in [6, 6.07) is 8.10. The average molecular weight is 345 g/mol. The van der Waals surface area contributed by atoms with Crippen LogP contribution in [0, 0.1) is 0 Å². The Morgan fingerprint density at radius 3 is 2.73 bits per heavy atom. The minimum Gasteiger partial charge on any atom is -0.374 e. The summed E-state index contributed by atoms with van der Waals surface area (Å²) < 4.78 is 17.4. The predicted octanol–water partition coefficient (Wildman–Crippen LogP) is 2.07. The molecular formula is C16H25ClN2O2S. The smallest absolute Gasteiger partial charge is 0.0896 e. The number of halogens is 1. The highest BCUT2D eigenvalue weighted by Crippen LogP contribution is 2.24. The summed E-state index contributed by atoms with van der Waals surface area (Å²) in [5.41, 5.74) is 1.15. The molecule has 1 aromatic rings. The topological polar surface area (TPSA) is 41.6 Å². The number of hydrogen-bond donors (Lipinski definition) is 1. The second kappa shape index (κ2) is 8.41. The highest BCUT2D eigenvalue weighted by atomic mass is 35.5. The van der Waals surface area contributed by atoms with Gasteiger partial charge in [-0.15, -0.1) is 0 Å². The van der Waals surface area contributed by atoms with Gasteiger partial charge in [-0.1, -0.05) is 23.7 Å². The lowest BCUT2D eigenvalue weighted by Crippen LogP contribution is -2.49. The van der Waals surface area contributed by atoms with Crippen LogP contribution < -0.4 is 5.32 Å². The Labute approximate surface area is 140 Å². The first kappa shape index (κ1) is 17.9. The summed E-state index contributed by atoms with van der Waals surface area (Å²) in [5.74, 6) is 0.632. The first-order chi connectivity index (χ1) is 10.5. The van der Waals surface area contributed by atoms with Crippen LogP contribution in [0.1, 0.15) is 18.5 Å². The van der Waals surface area contributed by atoms with E-state index in [1.165, 1.54) is 0 Å². The van der Waals surface area contributed by atoms with Gasteiger partial charge >= 0.3 is 0 Å². The Morgan fingerprint density at radius 2 is 2.14 bits per heavy atom. The molecule has 4 nitrogen and oxygen atoms in total. The molecule has 22 heavy (non-hydrogen) atoms. The van der Waals surface area contributed by atoms with Crippen molar-refractivity contribution in [2.75, 3.05) is 38.8 Å². The fraction of sp³-hybridized carbons (Fsp3) is 0.625. The lowest BCUT2D eigenvalue weighted by atomic mass is 9.99. The molecule has 6 heteroatoms. The standard InChI is InChI=1S/C16H25ClN2O2S/c1-12(11-22(3)20)18-16(13-4-6-14(17)7-5-13)15-10-19(2)8-9-21-15/h4-7,12,15-16,18H,8-11H2,1-3H3. The van der Waals surface area contributed by atoms with E-state index in [9.17, 15) is 4.21 Å². The summed E-state index contributed by atoms with van der Waals surface area (Å²) in [6.07, 6.45) is 1.81. The number of nitrogens with zero attached hydrogens (tertiary/aromatic N) is 1. The predicted molar refractivity (Wildman–Crippen MR) is 93.0 cm³/mol. The van der Waals surface area contributed by atoms with Crippen molar-refractivity contribution in [2.45, 2.75) is 25.1 Å². The van der Waals surface area contributed by atoms with E-state index in [0.29, 0.717) is 5.75 Å². The van der Waals surface area contributed by atoms with Gasteiger partial charge in [-0.05, 0) is 31.7 Å². The van der Waals surface area contributed by atoms with E-state index >= 15 is 0 Å². The molecule has 2 rings (SSSR count). The van der Waals surface area contributed by atoms with Gasteiger partial charge in [0.25, 0.3) is 0 Å². The number of likely N-dealkylation sites (N-methyl/N-ethyl adjacent to an activating group) is 1. The van der Waals surface area contributed by atoms with E-state index in [0.717, 1.165) is 30.3 Å². The number of ether oxygens (including phenoxy) is 1. The van der Waals surface area contributed by atoms with Gasteiger partial charge in [-0.2, -0.15) is 0 Å². The Bertz CT molecular complexity index is 497. The van der Waals surface area contributed by atoms with Gasteiger partial charge in [-0.25, -0.2) is 0 Å². The normalized spacial score (nSPS) is 23.9. The second-order valence-corrected chi connectivity index (χ2v) is 7.92. The Balaban J connectivity index is 2.15. The molecule has 1 aliphatic rings. The van der Waals surface area contributed by atoms with E-state index < -0.39 is 10.8 Å². The van der Waals surface area contributed by atoms with Crippen molar-refractivity contribution >= 4 is 22.4 Å². The monoisotopic (exact) mass is 344 g/mol. The van der Waals surface area contributed by atoms with Gasteiger partial charge in [0, 0.05) is 47.0 Å². The molecule has 1 N–H and O–H groups in total. The molecule has 0 bridgehead atoms. The molecule has 0 radical (unpaired) electrons. The summed E-state index contributed by atoms with van der Waals surface area (Å²) >= 11 is 6.00. The van der Waals surface area contributed by atoms with Crippen molar-refractivity contribution in [2.24, 2.45) is 0 Å². The molecule has 0 amide bonds. The molecule has 1 heterocycles. The third kappa shape index (κ3) is 5.32. The summed E-state index contributed by atoms with van der Waals surface area (Å²) in [5, 5.41) is 4.32. The van der Waals surface area contributed by atoms with Crippen LogP contribution in [-0.4, -0.2) is 60.0 Å². The molecule has 1 saturated heterocycles. The minimum atomic E-state index is -0.819. The molecule has 1 fully saturated rings. The summed E-state index contributed by atoms with van der Waals surface area (Å²) in [4.78, 5) is 2.28. The lowest BCUT2D eigenvalue weighted by molar-refractivity contribution is -0.0405. The van der Waals surface area contributed by atoms with E-state index in [4.69, 9.17) is 16.3 Å². The van der Waals surface area contributed by atoms with Crippen LogP contribution in [0.2, 0.25) is 5.02 Å². The van der Waals surface area contributed by atoms with Crippen molar-refractivity contribution in [1.82, 2.24) is 10.2 Å². The maximum atomic E-state index is 11.5. The van der Waals surface area contributed by atoms with Crippen molar-refractivity contribution < 1.29 is 8.95 Å². The van der Waals surface area contributed by atoms with Crippen molar-refractivity contribution in [3.63, 3.8) is 0 Å². The van der Waals surface area contributed by atoms with E-state index in [1.807, 2.05) is 24.3 Å². The van der Waals surface area contributed by atoms with Crippen molar-refractivity contribution in [3.8, 4) is 0 Å². The molecule has 124 valence electrons. The van der Waals surface area contributed by atoms with Crippen LogP contribution in [-0.2, 0) is 15.5 Å². The van der Waals surface area contributed by atoms with Gasteiger partial charge in [0.15, 0.2) is 0 Å². The zero-order valence-corrected chi connectivity index (χ0v) is 15.0. The fourth-order valence-electron chi connectivity index (χ4n) is 2.81. The Hall–Kier alpha value is -0.460. The molecule has 0 aliphatic carbocycles. The van der Waals surface area contributed by atoms with Crippen LogP contribution >= 0.6 is 11.6 Å². The molecular weight excluding hydrogens is 320 g/mol. The van der Waals surface area contributed by atoms with Gasteiger partial charge in [0.2, 0.25) is 0 Å². The summed E-state index contributed by atoms with van der Waals surface area (Å²) in [7, 11) is 1.29. The molecule has 1 aromatic carbocycles. The number of hydrogen-bond acceptors (Lipinski definition) is 4. The summed E-state index contributed by atoms with van der Waals surface area (Å²) in [6.45, 7) is 4.64. The SMILES string of the molecule is CC(CS(C)=O)NC(c1ccc(Cl)cc1)C1CN(C)CCO1. The van der Waals surface area contributed by atoms with Crippen molar-refractivity contribution in [1.29, 1.82) is 0 Å². The number of nitrogens with one attached hydrogen (secondary N) is 1. The zero-order chi connectivity index (χ0) is 16.1. The van der Waals surface area contributed by atoms with Crippen LogP contribution in [0.15, 0.2) is 24.3 Å². The number of morpholine rings is 1. The second-order valence-electron chi connectivity index (χ2n) is 6.01. The fourth-order valence-corrected chi connectivity index (χ4v) is 3.73. The van der Waals surface area contributed by atoms with E-state index in [1.54, 1.807) is 6.26 Å². The van der Waals surface area contributed by atoms with Crippen LogP contribution in [0.25, 0.3) is 0 Å². The molecule has 0 spiro atoms. The molecule has 4 unspecified atom stereocenters. The van der Waals surface area contributed by atoms with Gasteiger partial charge in [0.1, 0.15) is 0 Å². The van der Waals surface area contributed by atoms with E-state index in [-0.39, 0.29) is 18.2 Å². The highest BCUT2D eigenvalue weighted by molar-refractivity contribution is 7.84. The Kier molecular flexibility index (Phi) is 6.84. The third-order valence-electron chi connectivity index (χ3n) is 3.85. The first-order valence-corrected chi connectivity index (χ1v) is 9.68. The highest BCUT2D eigenvalue weighted by Gasteiger charge is 2.29. The molecule has 0 aromatic heterocycles. The van der Waals surface area contributed by atoms with Crippen LogP contribution in [0.3, 0.4) is 0 Å². The van der Waals surface area contributed by atoms with Crippen LogP contribution in [0.4, 0.5) is 0 Å². The average Bonchev–Trinajstić information content (AvgIpc) is 2.45. The molecule has 4 atom stereocenters. The lowest BCUT2D eigenvalue weighted by Gasteiger charge is -2.37. The Morgan fingerprint density at radius 1 is 1.45 bits per heavy atom. The van der Waals surface area contributed by atoms with Gasteiger partial charge < -0.3 is 15.0 Å². The number of rotatable bonds is 6. The minimum absolute atomic E-state index is 0.0681. The maximum Gasteiger partial charge on any atom is 0.0896 e. The third-order valence-corrected chi connectivity index (χ3v) is 5.07. The van der Waals surface area contributed by atoms with Gasteiger partial charge in [0.05, 0.1) is 18.8 Å².